The fraction of sp³-hybridized carbons (Fsp3) is 0.375. The first-order chi connectivity index (χ1) is 15.0. The normalized spacial score (nSPS) is 15.2. The zero-order valence-electron chi connectivity index (χ0n) is 18.2. The number of aryl methyl sites for hydroxylation is 2. The van der Waals surface area contributed by atoms with E-state index in [4.69, 9.17) is 22.1 Å². The fourth-order valence-corrected chi connectivity index (χ4v) is 4.13. The van der Waals surface area contributed by atoms with Crippen LogP contribution in [0.3, 0.4) is 0 Å². The van der Waals surface area contributed by atoms with Gasteiger partial charge in [-0.05, 0) is 74.3 Å². The summed E-state index contributed by atoms with van der Waals surface area (Å²) in [6.45, 7) is 11.3. The summed E-state index contributed by atoms with van der Waals surface area (Å²) in [7, 11) is 0. The summed E-state index contributed by atoms with van der Waals surface area (Å²) < 4.78 is 10.9. The van der Waals surface area contributed by atoms with E-state index in [1.807, 2.05) is 33.7 Å². The van der Waals surface area contributed by atoms with Gasteiger partial charge in [0.15, 0.2) is 10.6 Å². The molecule has 0 aliphatic carbocycles. The zero-order valence-corrected chi connectivity index (χ0v) is 19.0. The molecule has 0 radical (unpaired) electrons. The molecule has 7 heteroatoms. The third-order valence-electron chi connectivity index (χ3n) is 5.80. The van der Waals surface area contributed by atoms with Crippen LogP contribution in [0, 0.1) is 18.6 Å². The van der Waals surface area contributed by atoms with Crippen molar-refractivity contribution in [2.45, 2.75) is 46.0 Å². The first-order valence-corrected chi connectivity index (χ1v) is 11.1. The molecule has 0 unspecified atom stereocenters. The summed E-state index contributed by atoms with van der Waals surface area (Å²) in [4.78, 5) is 6.61. The maximum Gasteiger partial charge on any atom is 0.199 e. The summed E-state index contributed by atoms with van der Waals surface area (Å²) in [6.07, 6.45) is 7.65. The lowest BCUT2D eigenvalue weighted by Gasteiger charge is -2.31. The van der Waals surface area contributed by atoms with Gasteiger partial charge in [0.2, 0.25) is 0 Å². The van der Waals surface area contributed by atoms with Gasteiger partial charge in [0, 0.05) is 37.6 Å². The number of rotatable bonds is 7. The average molecular weight is 436 g/mol. The second-order valence-electron chi connectivity index (χ2n) is 8.07. The third kappa shape index (κ3) is 4.94. The smallest absolute Gasteiger partial charge is 0.199 e. The maximum atomic E-state index is 6.23. The van der Waals surface area contributed by atoms with Gasteiger partial charge in [-0.15, -0.1) is 6.58 Å². The van der Waals surface area contributed by atoms with Crippen molar-refractivity contribution in [1.82, 2.24) is 24.2 Å². The van der Waals surface area contributed by atoms with E-state index in [-0.39, 0.29) is 6.10 Å². The molecule has 0 atom stereocenters. The molecule has 0 saturated carbocycles. The summed E-state index contributed by atoms with van der Waals surface area (Å²) in [6, 6.07) is 10.2. The monoisotopic (exact) mass is 435 g/mol. The minimum atomic E-state index is 0.246. The van der Waals surface area contributed by atoms with Crippen LogP contribution in [0.25, 0.3) is 11.4 Å². The van der Waals surface area contributed by atoms with Crippen molar-refractivity contribution in [3.05, 3.63) is 71.3 Å². The lowest BCUT2D eigenvalue weighted by Crippen LogP contribution is -2.39. The van der Waals surface area contributed by atoms with Crippen LogP contribution in [-0.4, -0.2) is 43.4 Å². The van der Waals surface area contributed by atoms with Crippen molar-refractivity contribution in [2.75, 3.05) is 13.1 Å². The highest BCUT2D eigenvalue weighted by Crippen LogP contribution is 2.23. The number of aromatic nitrogens is 4. The minimum absolute atomic E-state index is 0.246. The van der Waals surface area contributed by atoms with Crippen LogP contribution in [0.5, 0.6) is 5.75 Å². The molecular weight excluding hydrogens is 406 g/mol. The standard InChI is InChI=1S/C24H29N5OS/c1-4-12-28-23(20-6-5-11-25-16-20)26-29(24(28)31)17-27-13-9-21(10-14-27)30-22-8-7-18(2)19(3)15-22/h4-8,11,15-16,21H,1,9-10,12-14,17H2,2-3H3. The largest absolute Gasteiger partial charge is 0.490 e. The molecule has 3 heterocycles. The molecule has 162 valence electrons. The second kappa shape index (κ2) is 9.58. The molecule has 2 aromatic heterocycles. The first kappa shape index (κ1) is 21.5. The number of likely N-dealkylation sites (tertiary alicyclic amines) is 1. The highest BCUT2D eigenvalue weighted by molar-refractivity contribution is 7.71. The van der Waals surface area contributed by atoms with Crippen molar-refractivity contribution in [1.29, 1.82) is 0 Å². The molecule has 31 heavy (non-hydrogen) atoms. The Hall–Kier alpha value is -2.77. The van der Waals surface area contributed by atoms with E-state index in [2.05, 4.69) is 48.5 Å². The number of nitrogens with zero attached hydrogens (tertiary/aromatic N) is 5. The number of allylic oxidation sites excluding steroid dienone is 1. The van der Waals surface area contributed by atoms with Gasteiger partial charge in [-0.1, -0.05) is 12.1 Å². The summed E-state index contributed by atoms with van der Waals surface area (Å²) in [5, 5.41) is 4.81. The molecule has 0 N–H and O–H groups in total. The summed E-state index contributed by atoms with van der Waals surface area (Å²) in [5.74, 6) is 1.79. The predicted octanol–water partition coefficient (Wildman–Crippen LogP) is 4.78. The molecule has 4 rings (SSSR count). The van der Waals surface area contributed by atoms with Crippen LogP contribution in [0.15, 0.2) is 55.4 Å². The molecule has 1 aliphatic heterocycles. The number of ether oxygens (including phenoxy) is 1. The van der Waals surface area contributed by atoms with Gasteiger partial charge in [-0.25, -0.2) is 4.68 Å². The van der Waals surface area contributed by atoms with E-state index in [0.29, 0.717) is 18.0 Å². The van der Waals surface area contributed by atoms with Crippen LogP contribution >= 0.6 is 12.2 Å². The molecule has 0 spiro atoms. The van der Waals surface area contributed by atoms with Crippen LogP contribution < -0.4 is 4.74 Å². The molecule has 0 bridgehead atoms. The van der Waals surface area contributed by atoms with Gasteiger partial charge in [0.1, 0.15) is 11.9 Å². The van der Waals surface area contributed by atoms with E-state index >= 15 is 0 Å². The van der Waals surface area contributed by atoms with Gasteiger partial charge in [-0.3, -0.25) is 14.5 Å². The summed E-state index contributed by atoms with van der Waals surface area (Å²) >= 11 is 5.72. The van der Waals surface area contributed by atoms with Crippen molar-refractivity contribution in [3.63, 3.8) is 0 Å². The highest BCUT2D eigenvalue weighted by atomic mass is 32.1. The number of benzene rings is 1. The highest BCUT2D eigenvalue weighted by Gasteiger charge is 2.22. The Morgan fingerprint density at radius 2 is 2.00 bits per heavy atom. The zero-order chi connectivity index (χ0) is 21.8. The van der Waals surface area contributed by atoms with E-state index < -0.39 is 0 Å². The average Bonchev–Trinajstić information content (AvgIpc) is 3.08. The molecule has 3 aromatic rings. The molecule has 1 fully saturated rings. The molecule has 1 aromatic carbocycles. The van der Waals surface area contributed by atoms with Crippen LogP contribution in [0.2, 0.25) is 0 Å². The Labute approximate surface area is 188 Å². The lowest BCUT2D eigenvalue weighted by atomic mass is 10.1. The molecule has 1 aliphatic rings. The Kier molecular flexibility index (Phi) is 6.63. The Bertz CT molecular complexity index is 1100. The van der Waals surface area contributed by atoms with Crippen LogP contribution in [0.1, 0.15) is 24.0 Å². The van der Waals surface area contributed by atoms with Crippen molar-refractivity contribution in [3.8, 4) is 17.1 Å². The number of hydrogen-bond donors (Lipinski definition) is 0. The number of pyridine rings is 1. The minimum Gasteiger partial charge on any atom is -0.490 e. The second-order valence-corrected chi connectivity index (χ2v) is 8.43. The van der Waals surface area contributed by atoms with E-state index in [9.17, 15) is 0 Å². The van der Waals surface area contributed by atoms with E-state index in [0.717, 1.165) is 43.1 Å². The van der Waals surface area contributed by atoms with Gasteiger partial charge in [0.25, 0.3) is 0 Å². The van der Waals surface area contributed by atoms with Crippen LogP contribution in [0.4, 0.5) is 0 Å². The van der Waals surface area contributed by atoms with Gasteiger partial charge < -0.3 is 4.74 Å². The van der Waals surface area contributed by atoms with Crippen molar-refractivity contribution < 1.29 is 4.74 Å². The quantitative estimate of drug-likeness (QED) is 0.395. The topological polar surface area (TPSA) is 48.1 Å². The third-order valence-corrected chi connectivity index (χ3v) is 6.24. The molecule has 0 amide bonds. The Morgan fingerprint density at radius 1 is 1.19 bits per heavy atom. The number of piperidine rings is 1. The van der Waals surface area contributed by atoms with Gasteiger partial charge in [-0.2, -0.15) is 5.10 Å². The maximum absolute atomic E-state index is 6.23. The SMILES string of the molecule is C=CCn1c(-c2cccnc2)nn(CN2CCC(Oc3ccc(C)c(C)c3)CC2)c1=S. The fourth-order valence-electron chi connectivity index (χ4n) is 3.87. The Morgan fingerprint density at radius 3 is 2.68 bits per heavy atom. The number of hydrogen-bond acceptors (Lipinski definition) is 5. The molecular formula is C24H29N5OS. The van der Waals surface area contributed by atoms with Gasteiger partial charge in [0.05, 0.1) is 6.67 Å². The summed E-state index contributed by atoms with van der Waals surface area (Å²) in [5.41, 5.74) is 3.51. The van der Waals surface area contributed by atoms with E-state index in [1.165, 1.54) is 11.1 Å². The molecule has 1 saturated heterocycles. The first-order valence-electron chi connectivity index (χ1n) is 10.7. The molecule has 6 nitrogen and oxygen atoms in total. The predicted molar refractivity (Wildman–Crippen MR) is 126 cm³/mol. The van der Waals surface area contributed by atoms with Crippen molar-refractivity contribution >= 4 is 12.2 Å². The van der Waals surface area contributed by atoms with Crippen molar-refractivity contribution in [2.24, 2.45) is 0 Å². The lowest BCUT2D eigenvalue weighted by molar-refractivity contribution is 0.0801. The van der Waals surface area contributed by atoms with Crippen LogP contribution in [-0.2, 0) is 13.2 Å². The Balaban J connectivity index is 1.42. The van der Waals surface area contributed by atoms with Gasteiger partial charge >= 0.3 is 0 Å². The van der Waals surface area contributed by atoms with E-state index in [1.54, 1.807) is 6.20 Å².